The Balaban J connectivity index is 1.18. The fourth-order valence-corrected chi connectivity index (χ4v) is 12.6. The first kappa shape index (κ1) is 26.3. The molecule has 1 nitrogen and oxygen atoms in total. The summed E-state index contributed by atoms with van der Waals surface area (Å²) in [5, 5.41) is 5.08. The molecule has 13 rings (SSSR count). The molecule has 4 saturated carbocycles. The molecule has 0 aliphatic heterocycles. The van der Waals surface area contributed by atoms with Crippen LogP contribution in [-0.4, -0.2) is 0 Å². The predicted molar refractivity (Wildman–Crippen MR) is 201 cm³/mol. The third kappa shape index (κ3) is 3.27. The maximum atomic E-state index is 6.46. The molecule has 0 unspecified atom stereocenters. The Labute approximate surface area is 283 Å². The molecule has 2 heteroatoms. The van der Waals surface area contributed by atoms with Gasteiger partial charge < -0.3 is 4.42 Å². The van der Waals surface area contributed by atoms with Crippen molar-refractivity contribution < 1.29 is 4.42 Å². The summed E-state index contributed by atoms with van der Waals surface area (Å²) in [7, 11) is 0. The summed E-state index contributed by atoms with van der Waals surface area (Å²) in [4.78, 5) is 0. The minimum atomic E-state index is 0.133. The average molecular weight is 635 g/mol. The molecule has 4 bridgehead atoms. The van der Waals surface area contributed by atoms with Crippen LogP contribution in [0.25, 0.3) is 75.5 Å². The van der Waals surface area contributed by atoms with Crippen LogP contribution in [0.1, 0.15) is 43.2 Å². The summed E-state index contributed by atoms with van der Waals surface area (Å²) < 4.78 is 9.18. The molecule has 1 spiro atoms. The van der Waals surface area contributed by atoms with Crippen molar-refractivity contribution in [1.29, 1.82) is 0 Å². The van der Waals surface area contributed by atoms with E-state index >= 15 is 0 Å². The van der Waals surface area contributed by atoms with Gasteiger partial charge in [0.25, 0.3) is 0 Å². The van der Waals surface area contributed by atoms with Crippen LogP contribution in [0.2, 0.25) is 0 Å². The Morgan fingerprint density at radius 3 is 2.06 bits per heavy atom. The smallest absolute Gasteiger partial charge is 0.136 e. The minimum Gasteiger partial charge on any atom is -0.456 e. The first-order valence-electron chi connectivity index (χ1n) is 17.8. The van der Waals surface area contributed by atoms with Crippen molar-refractivity contribution in [1.82, 2.24) is 0 Å². The van der Waals surface area contributed by atoms with Crippen LogP contribution in [0.3, 0.4) is 0 Å². The minimum absolute atomic E-state index is 0.133. The Morgan fingerprint density at radius 1 is 0.479 bits per heavy atom. The quantitative estimate of drug-likeness (QED) is 0.184. The van der Waals surface area contributed by atoms with Gasteiger partial charge in [0.1, 0.15) is 11.2 Å². The number of hydrogen-bond acceptors (Lipinski definition) is 2. The van der Waals surface area contributed by atoms with Gasteiger partial charge in [-0.25, -0.2) is 0 Å². The molecule has 230 valence electrons. The lowest BCUT2D eigenvalue weighted by atomic mass is 9.43. The van der Waals surface area contributed by atoms with Gasteiger partial charge in [-0.1, -0.05) is 84.9 Å². The second-order valence-electron chi connectivity index (χ2n) is 15.2. The first-order valence-corrected chi connectivity index (χ1v) is 18.7. The summed E-state index contributed by atoms with van der Waals surface area (Å²) in [5.41, 5.74) is 13.4. The van der Waals surface area contributed by atoms with Crippen LogP contribution >= 0.6 is 11.3 Å². The molecule has 6 aromatic carbocycles. The third-order valence-corrected chi connectivity index (χ3v) is 14.2. The van der Waals surface area contributed by atoms with Gasteiger partial charge in [-0.2, -0.15) is 0 Å². The number of hydrogen-bond donors (Lipinski definition) is 0. The monoisotopic (exact) mass is 634 g/mol. The molecule has 0 N–H and O–H groups in total. The number of rotatable bonds is 2. The lowest BCUT2D eigenvalue weighted by Gasteiger charge is -2.61. The van der Waals surface area contributed by atoms with E-state index in [4.69, 9.17) is 4.42 Å². The molecule has 0 atom stereocenters. The van der Waals surface area contributed by atoms with E-state index in [1.165, 1.54) is 96.4 Å². The molecule has 0 amide bonds. The highest BCUT2D eigenvalue weighted by atomic mass is 32.1. The van der Waals surface area contributed by atoms with Crippen LogP contribution in [0, 0.1) is 23.7 Å². The van der Waals surface area contributed by atoms with E-state index in [9.17, 15) is 0 Å². The van der Waals surface area contributed by atoms with Crippen LogP contribution in [0.4, 0.5) is 0 Å². The predicted octanol–water partition coefficient (Wildman–Crippen LogP) is 13.0. The number of benzene rings is 6. The van der Waals surface area contributed by atoms with Crippen molar-refractivity contribution in [3.05, 3.63) is 132 Å². The highest BCUT2D eigenvalue weighted by Crippen LogP contribution is 2.70. The Bertz CT molecular complexity index is 2620. The van der Waals surface area contributed by atoms with Crippen molar-refractivity contribution in [3.63, 3.8) is 0 Å². The zero-order chi connectivity index (χ0) is 31.1. The van der Waals surface area contributed by atoms with Crippen LogP contribution in [-0.2, 0) is 5.41 Å². The highest BCUT2D eigenvalue weighted by molar-refractivity contribution is 7.25. The maximum absolute atomic E-state index is 6.46. The van der Waals surface area contributed by atoms with E-state index < -0.39 is 0 Å². The summed E-state index contributed by atoms with van der Waals surface area (Å²) in [6.45, 7) is 0. The molecular formula is C46H34OS. The van der Waals surface area contributed by atoms with Gasteiger partial charge in [0.2, 0.25) is 0 Å². The number of furan rings is 1. The van der Waals surface area contributed by atoms with E-state index in [0.717, 1.165) is 34.8 Å². The summed E-state index contributed by atoms with van der Waals surface area (Å²) >= 11 is 1.90. The molecule has 0 saturated heterocycles. The van der Waals surface area contributed by atoms with Gasteiger partial charge in [-0.05, 0) is 137 Å². The number of para-hydroxylation sites is 1. The van der Waals surface area contributed by atoms with E-state index in [1.807, 2.05) is 11.3 Å². The highest BCUT2D eigenvalue weighted by Gasteiger charge is 2.61. The molecule has 2 heterocycles. The molecule has 0 radical (unpaired) electrons. The van der Waals surface area contributed by atoms with Crippen molar-refractivity contribution >= 4 is 53.4 Å². The van der Waals surface area contributed by atoms with E-state index in [1.54, 1.807) is 11.1 Å². The van der Waals surface area contributed by atoms with Crippen molar-refractivity contribution in [2.75, 3.05) is 0 Å². The Morgan fingerprint density at radius 2 is 1.19 bits per heavy atom. The van der Waals surface area contributed by atoms with Gasteiger partial charge in [0.05, 0.1) is 0 Å². The number of fused-ring (bicyclic) bond motifs is 9. The third-order valence-electron chi connectivity index (χ3n) is 13.1. The maximum Gasteiger partial charge on any atom is 0.136 e. The normalized spacial score (nSPS) is 25.2. The molecular weight excluding hydrogens is 601 g/mol. The van der Waals surface area contributed by atoms with E-state index in [0.29, 0.717) is 0 Å². The van der Waals surface area contributed by atoms with Crippen LogP contribution in [0.5, 0.6) is 0 Å². The van der Waals surface area contributed by atoms with Crippen LogP contribution < -0.4 is 0 Å². The van der Waals surface area contributed by atoms with Crippen molar-refractivity contribution in [2.24, 2.45) is 23.7 Å². The van der Waals surface area contributed by atoms with Gasteiger partial charge in [0, 0.05) is 36.4 Å². The first-order chi connectivity index (χ1) is 23.7. The summed E-state index contributed by atoms with van der Waals surface area (Å²) in [6, 6.07) is 46.1. The van der Waals surface area contributed by atoms with Gasteiger partial charge >= 0.3 is 0 Å². The molecule has 2 aromatic heterocycles. The lowest BCUT2D eigenvalue weighted by molar-refractivity contribution is -0.0399. The van der Waals surface area contributed by atoms with E-state index in [2.05, 4.69) is 121 Å². The molecule has 5 aliphatic carbocycles. The summed E-state index contributed by atoms with van der Waals surface area (Å²) in [6.07, 6.45) is 7.06. The molecule has 8 aromatic rings. The lowest BCUT2D eigenvalue weighted by Crippen LogP contribution is -2.55. The zero-order valence-electron chi connectivity index (χ0n) is 26.7. The van der Waals surface area contributed by atoms with E-state index in [-0.39, 0.29) is 5.41 Å². The topological polar surface area (TPSA) is 13.1 Å². The number of thiophene rings is 1. The standard InChI is InChI=1S/C46H34OS/c1-4-10-38-36(9-1)45-39(46(38)30-20-26-19-27(22-30)23-31(46)21-26)17-16-32(28-13-15-34-33-7-2-5-11-40(33)47-41(34)25-28)44(45)29-14-18-43-37(24-29)35-8-3-6-12-42(35)48-43/h1-18,24-27,30-31H,19-23H2. The van der Waals surface area contributed by atoms with Crippen molar-refractivity contribution in [3.8, 4) is 33.4 Å². The Kier molecular flexibility index (Phi) is 5.08. The fraction of sp³-hybridized carbons (Fsp3) is 0.217. The van der Waals surface area contributed by atoms with Gasteiger partial charge in [0.15, 0.2) is 0 Å². The largest absolute Gasteiger partial charge is 0.456 e. The van der Waals surface area contributed by atoms with Gasteiger partial charge in [-0.15, -0.1) is 11.3 Å². The Hall–Kier alpha value is -4.66. The molecule has 5 aliphatic rings. The SMILES string of the molecule is c1ccc2c(c1)-c1c(ccc(-c3ccc4c(c3)oc3ccccc34)c1-c1ccc3sc4ccccc4c3c1)C21C2CC3CC(C2)CC1C3. The zero-order valence-corrected chi connectivity index (χ0v) is 27.5. The average Bonchev–Trinajstić information content (AvgIpc) is 3.78. The van der Waals surface area contributed by atoms with Crippen molar-refractivity contribution in [2.45, 2.75) is 37.5 Å². The fourth-order valence-electron chi connectivity index (χ4n) is 11.6. The van der Waals surface area contributed by atoms with Gasteiger partial charge in [-0.3, -0.25) is 0 Å². The molecule has 48 heavy (non-hydrogen) atoms. The summed E-state index contributed by atoms with van der Waals surface area (Å²) in [5.74, 6) is 3.34. The second kappa shape index (κ2) is 9.27. The second-order valence-corrected chi connectivity index (χ2v) is 16.3. The molecule has 4 fully saturated rings. The van der Waals surface area contributed by atoms with Crippen LogP contribution in [0.15, 0.2) is 126 Å².